The number of hydrogen-bond acceptors (Lipinski definition) is 5. The monoisotopic (exact) mass is 440 g/mol. The van der Waals surface area contributed by atoms with Gasteiger partial charge in [-0.25, -0.2) is 4.79 Å². The van der Waals surface area contributed by atoms with Crippen molar-refractivity contribution in [2.75, 3.05) is 19.8 Å². The largest absolute Gasteiger partial charge is 0.489 e. The number of aryl methyl sites for hydroxylation is 1. The first-order valence-corrected chi connectivity index (χ1v) is 10.7. The van der Waals surface area contributed by atoms with Crippen molar-refractivity contribution in [2.24, 2.45) is 0 Å². The summed E-state index contributed by atoms with van der Waals surface area (Å²) < 4.78 is 18.9. The van der Waals surface area contributed by atoms with Crippen LogP contribution >= 0.6 is 11.6 Å². The molecule has 1 fully saturated rings. The molecule has 0 amide bonds. The number of allylic oxidation sites excluding steroid dienone is 2. The van der Waals surface area contributed by atoms with E-state index >= 15 is 0 Å². The maximum Gasteiger partial charge on any atom is 0.351 e. The predicted molar refractivity (Wildman–Crippen MR) is 121 cm³/mol. The van der Waals surface area contributed by atoms with E-state index in [0.717, 1.165) is 54.0 Å². The Morgan fingerprint density at radius 2 is 2.23 bits per heavy atom. The molecule has 0 bridgehead atoms. The second-order valence-electron chi connectivity index (χ2n) is 7.55. The van der Waals surface area contributed by atoms with Crippen LogP contribution < -0.4 is 15.2 Å². The molecule has 0 aliphatic carbocycles. The Morgan fingerprint density at radius 1 is 1.35 bits per heavy atom. The Morgan fingerprint density at radius 3 is 2.97 bits per heavy atom. The standard InChI is InChI=1S/C24H25ClN2O4/c1-3-5-18(16(2)25)14-30-19-7-8-21-17(12-19)9-10-27-22(21)13-23(26-24(27)28)31-15-20-6-4-11-29-20/h3,5,7-8,12-13,20H,1-2,4,6,9-11,14-15H2/b18-5-. The van der Waals surface area contributed by atoms with E-state index in [1.807, 2.05) is 24.3 Å². The molecule has 1 saturated heterocycles. The number of aromatic nitrogens is 2. The highest BCUT2D eigenvalue weighted by Crippen LogP contribution is 2.32. The van der Waals surface area contributed by atoms with Crippen molar-refractivity contribution in [1.29, 1.82) is 0 Å². The molecule has 6 nitrogen and oxygen atoms in total. The van der Waals surface area contributed by atoms with Crippen LogP contribution in [0.2, 0.25) is 0 Å². The van der Waals surface area contributed by atoms with E-state index in [4.69, 9.17) is 25.8 Å². The van der Waals surface area contributed by atoms with Crippen LogP contribution in [0.15, 0.2) is 65.0 Å². The molecule has 0 saturated carbocycles. The summed E-state index contributed by atoms with van der Waals surface area (Å²) in [5.41, 5.74) is 3.35. The zero-order chi connectivity index (χ0) is 21.8. The fraction of sp³-hybridized carbons (Fsp3) is 0.333. The molecular weight excluding hydrogens is 416 g/mol. The Hall–Kier alpha value is -2.83. The van der Waals surface area contributed by atoms with Crippen LogP contribution in [0.5, 0.6) is 11.6 Å². The molecule has 0 N–H and O–H groups in total. The summed E-state index contributed by atoms with van der Waals surface area (Å²) in [6, 6.07) is 7.68. The summed E-state index contributed by atoms with van der Waals surface area (Å²) in [7, 11) is 0. The van der Waals surface area contributed by atoms with Gasteiger partial charge >= 0.3 is 5.69 Å². The highest BCUT2D eigenvalue weighted by Gasteiger charge is 2.21. The van der Waals surface area contributed by atoms with Gasteiger partial charge < -0.3 is 14.2 Å². The molecule has 7 heteroatoms. The number of nitrogens with zero attached hydrogens (tertiary/aromatic N) is 2. The number of rotatable bonds is 8. The fourth-order valence-electron chi connectivity index (χ4n) is 3.82. The van der Waals surface area contributed by atoms with E-state index in [2.05, 4.69) is 18.1 Å². The van der Waals surface area contributed by atoms with E-state index in [9.17, 15) is 4.79 Å². The van der Waals surface area contributed by atoms with Gasteiger partial charge in [0.25, 0.3) is 0 Å². The minimum absolute atomic E-state index is 0.0664. The Kier molecular flexibility index (Phi) is 6.59. The summed E-state index contributed by atoms with van der Waals surface area (Å²) in [4.78, 5) is 16.6. The van der Waals surface area contributed by atoms with Crippen molar-refractivity contribution in [3.05, 3.63) is 76.2 Å². The molecule has 0 spiro atoms. The first-order chi connectivity index (χ1) is 15.0. The first-order valence-electron chi connectivity index (χ1n) is 10.3. The van der Waals surface area contributed by atoms with Gasteiger partial charge in [-0.2, -0.15) is 4.98 Å². The SMILES string of the molecule is C=C/C=C(/COc1ccc2c(c1)CCn1c-2cc(OCC2CCCO2)nc1=O)C(=C)Cl. The van der Waals surface area contributed by atoms with Crippen LogP contribution in [0.3, 0.4) is 0 Å². The van der Waals surface area contributed by atoms with Crippen molar-refractivity contribution in [3.8, 4) is 22.9 Å². The average Bonchev–Trinajstić information content (AvgIpc) is 3.28. The quantitative estimate of drug-likeness (QED) is 0.574. The molecule has 1 unspecified atom stereocenters. The summed E-state index contributed by atoms with van der Waals surface area (Å²) in [6.07, 6.45) is 6.22. The van der Waals surface area contributed by atoms with Gasteiger partial charge in [-0.1, -0.05) is 36.9 Å². The van der Waals surface area contributed by atoms with Gasteiger partial charge in [-0.3, -0.25) is 4.57 Å². The summed E-state index contributed by atoms with van der Waals surface area (Å²) in [5.74, 6) is 1.06. The van der Waals surface area contributed by atoms with Gasteiger partial charge in [-0.15, -0.1) is 0 Å². The third-order valence-electron chi connectivity index (χ3n) is 5.45. The smallest absolute Gasteiger partial charge is 0.351 e. The molecule has 4 rings (SSSR count). The summed E-state index contributed by atoms with van der Waals surface area (Å²) >= 11 is 6.01. The summed E-state index contributed by atoms with van der Waals surface area (Å²) in [6.45, 7) is 9.46. The lowest BCUT2D eigenvalue weighted by molar-refractivity contribution is 0.0661. The Labute approximate surface area is 186 Å². The van der Waals surface area contributed by atoms with E-state index < -0.39 is 0 Å². The van der Waals surface area contributed by atoms with E-state index in [0.29, 0.717) is 30.7 Å². The highest BCUT2D eigenvalue weighted by molar-refractivity contribution is 6.31. The van der Waals surface area contributed by atoms with E-state index in [1.54, 1.807) is 16.7 Å². The average molecular weight is 441 g/mol. The van der Waals surface area contributed by atoms with Gasteiger partial charge in [0.15, 0.2) is 0 Å². The molecule has 1 aromatic heterocycles. The molecule has 2 aliphatic heterocycles. The van der Waals surface area contributed by atoms with Crippen LogP contribution in [0.25, 0.3) is 11.3 Å². The van der Waals surface area contributed by atoms with Gasteiger partial charge in [-0.05, 0) is 43.0 Å². The topological polar surface area (TPSA) is 62.6 Å². The maximum atomic E-state index is 12.5. The van der Waals surface area contributed by atoms with Crippen LogP contribution in [0, 0.1) is 0 Å². The molecule has 0 radical (unpaired) electrons. The van der Waals surface area contributed by atoms with Crippen molar-refractivity contribution in [2.45, 2.75) is 31.9 Å². The Bertz CT molecular complexity index is 1080. The molecule has 162 valence electrons. The molecule has 3 heterocycles. The number of benzene rings is 1. The summed E-state index contributed by atoms with van der Waals surface area (Å²) in [5, 5.41) is 0.425. The van der Waals surface area contributed by atoms with Crippen molar-refractivity contribution >= 4 is 11.6 Å². The second kappa shape index (κ2) is 9.54. The number of hydrogen-bond donors (Lipinski definition) is 0. The lowest BCUT2D eigenvalue weighted by Crippen LogP contribution is -2.29. The maximum absolute atomic E-state index is 12.5. The lowest BCUT2D eigenvalue weighted by atomic mass is 9.97. The van der Waals surface area contributed by atoms with Gasteiger partial charge in [0.05, 0.1) is 11.8 Å². The minimum atomic E-state index is -0.300. The van der Waals surface area contributed by atoms with Crippen LogP contribution in [-0.4, -0.2) is 35.5 Å². The zero-order valence-corrected chi connectivity index (χ0v) is 18.1. The number of ether oxygens (including phenoxy) is 3. The molecule has 2 aromatic rings. The van der Waals surface area contributed by atoms with Crippen molar-refractivity contribution in [1.82, 2.24) is 9.55 Å². The van der Waals surface area contributed by atoms with Crippen LogP contribution in [0.1, 0.15) is 18.4 Å². The second-order valence-corrected chi connectivity index (χ2v) is 8.01. The third-order valence-corrected chi connectivity index (χ3v) is 5.69. The van der Waals surface area contributed by atoms with Gasteiger partial charge in [0.2, 0.25) is 5.88 Å². The first kappa shape index (κ1) is 21.4. The lowest BCUT2D eigenvalue weighted by Gasteiger charge is -2.22. The van der Waals surface area contributed by atoms with E-state index in [-0.39, 0.29) is 11.8 Å². The van der Waals surface area contributed by atoms with Gasteiger partial charge in [0, 0.05) is 35.4 Å². The molecule has 31 heavy (non-hydrogen) atoms. The number of fused-ring (bicyclic) bond motifs is 3. The predicted octanol–water partition coefficient (Wildman–Crippen LogP) is 4.27. The molecule has 1 aromatic carbocycles. The highest BCUT2D eigenvalue weighted by atomic mass is 35.5. The number of halogens is 1. The molecule has 1 atom stereocenters. The minimum Gasteiger partial charge on any atom is -0.489 e. The van der Waals surface area contributed by atoms with Crippen LogP contribution in [-0.2, 0) is 17.7 Å². The molecular formula is C24H25ClN2O4. The van der Waals surface area contributed by atoms with Gasteiger partial charge in [0.1, 0.15) is 19.0 Å². The van der Waals surface area contributed by atoms with E-state index in [1.165, 1.54) is 0 Å². The van der Waals surface area contributed by atoms with Crippen LogP contribution in [0.4, 0.5) is 0 Å². The normalized spacial score (nSPS) is 17.6. The zero-order valence-electron chi connectivity index (χ0n) is 17.3. The Balaban J connectivity index is 1.54. The molecule has 2 aliphatic rings. The van der Waals surface area contributed by atoms with Crippen molar-refractivity contribution in [3.63, 3.8) is 0 Å². The van der Waals surface area contributed by atoms with Crippen molar-refractivity contribution < 1.29 is 14.2 Å². The fourth-order valence-corrected chi connectivity index (χ4v) is 3.94. The third kappa shape index (κ3) is 4.92.